The number of esters is 1. The van der Waals surface area contributed by atoms with Crippen molar-refractivity contribution in [1.82, 2.24) is 10.7 Å². The fourth-order valence-electron chi connectivity index (χ4n) is 2.77. The predicted octanol–water partition coefficient (Wildman–Crippen LogP) is 3.10. The maximum atomic E-state index is 12.2. The Kier molecular flexibility index (Phi) is 7.91. The zero-order valence-corrected chi connectivity index (χ0v) is 18.2. The Hall–Kier alpha value is -4.46. The zero-order valence-electron chi connectivity index (χ0n) is 18.2. The molecule has 8 heteroatoms. The maximum Gasteiger partial charge on any atom is 0.343 e. The van der Waals surface area contributed by atoms with Crippen LogP contribution in [-0.4, -0.2) is 37.7 Å². The molecule has 168 valence electrons. The molecule has 0 aliphatic heterocycles. The van der Waals surface area contributed by atoms with E-state index in [2.05, 4.69) is 15.8 Å². The Morgan fingerprint density at radius 3 is 2.33 bits per heavy atom. The molecule has 33 heavy (non-hydrogen) atoms. The second-order valence-corrected chi connectivity index (χ2v) is 7.01. The number of benzene rings is 3. The van der Waals surface area contributed by atoms with Crippen LogP contribution >= 0.6 is 0 Å². The molecular weight excluding hydrogens is 422 g/mol. The standard InChI is InChI=1S/C25H23N3O5/c1-17-8-11-19(12-9-17)24(30)26-16-23(29)28-27-15-18-10-13-21(22(14-18)32-2)33-25(31)20-6-4-3-5-7-20/h3-15H,16H2,1-2H3,(H,26,30)(H,28,29)/b27-15-. The number of hydrogen-bond donors (Lipinski definition) is 2. The summed E-state index contributed by atoms with van der Waals surface area (Å²) < 4.78 is 10.7. The number of nitrogens with one attached hydrogen (secondary N) is 2. The van der Waals surface area contributed by atoms with Crippen molar-refractivity contribution in [2.24, 2.45) is 5.10 Å². The molecule has 0 saturated carbocycles. The van der Waals surface area contributed by atoms with Gasteiger partial charge in [0, 0.05) is 5.56 Å². The van der Waals surface area contributed by atoms with Gasteiger partial charge >= 0.3 is 5.97 Å². The Bertz CT molecular complexity index is 1160. The number of hydrazone groups is 1. The van der Waals surface area contributed by atoms with Gasteiger partial charge < -0.3 is 14.8 Å². The number of methoxy groups -OCH3 is 1. The number of hydrogen-bond acceptors (Lipinski definition) is 6. The van der Waals surface area contributed by atoms with Crippen LogP contribution in [0.25, 0.3) is 0 Å². The molecule has 0 spiro atoms. The lowest BCUT2D eigenvalue weighted by molar-refractivity contribution is -0.120. The average molecular weight is 445 g/mol. The number of nitrogens with zero attached hydrogens (tertiary/aromatic N) is 1. The van der Waals surface area contributed by atoms with Crippen molar-refractivity contribution in [1.29, 1.82) is 0 Å². The minimum absolute atomic E-state index is 0.220. The lowest BCUT2D eigenvalue weighted by Gasteiger charge is -2.10. The molecule has 0 saturated heterocycles. The molecule has 0 heterocycles. The van der Waals surface area contributed by atoms with E-state index in [-0.39, 0.29) is 18.2 Å². The molecule has 8 nitrogen and oxygen atoms in total. The quantitative estimate of drug-likeness (QED) is 0.240. The summed E-state index contributed by atoms with van der Waals surface area (Å²) in [6.45, 7) is 1.70. The number of carbonyl (C=O) groups excluding carboxylic acids is 3. The number of amides is 2. The third-order valence-corrected chi connectivity index (χ3v) is 4.53. The third-order valence-electron chi connectivity index (χ3n) is 4.53. The molecule has 3 aromatic rings. The second-order valence-electron chi connectivity index (χ2n) is 7.01. The summed E-state index contributed by atoms with van der Waals surface area (Å²) in [7, 11) is 1.45. The van der Waals surface area contributed by atoms with Gasteiger partial charge in [0.1, 0.15) is 0 Å². The summed E-state index contributed by atoms with van der Waals surface area (Å²) in [4.78, 5) is 36.2. The minimum Gasteiger partial charge on any atom is -0.493 e. The van der Waals surface area contributed by atoms with E-state index in [9.17, 15) is 14.4 Å². The first-order valence-corrected chi connectivity index (χ1v) is 10.1. The van der Waals surface area contributed by atoms with Crippen molar-refractivity contribution in [2.45, 2.75) is 6.92 Å². The maximum absolute atomic E-state index is 12.2. The number of ether oxygens (including phenoxy) is 2. The van der Waals surface area contributed by atoms with Crippen LogP contribution in [0.2, 0.25) is 0 Å². The normalized spacial score (nSPS) is 10.5. The first-order chi connectivity index (χ1) is 16.0. The van der Waals surface area contributed by atoms with Gasteiger partial charge in [-0.2, -0.15) is 5.10 Å². The van der Waals surface area contributed by atoms with Crippen LogP contribution in [0.4, 0.5) is 0 Å². The highest BCUT2D eigenvalue weighted by Crippen LogP contribution is 2.28. The van der Waals surface area contributed by atoms with Crippen LogP contribution in [0, 0.1) is 6.92 Å². The molecule has 0 atom stereocenters. The molecule has 2 N–H and O–H groups in total. The van der Waals surface area contributed by atoms with E-state index >= 15 is 0 Å². The van der Waals surface area contributed by atoms with Crippen LogP contribution in [0.1, 0.15) is 31.8 Å². The molecule has 0 aliphatic carbocycles. The van der Waals surface area contributed by atoms with Crippen LogP contribution < -0.4 is 20.2 Å². The summed E-state index contributed by atoms with van der Waals surface area (Å²) in [6.07, 6.45) is 1.41. The van der Waals surface area contributed by atoms with Gasteiger partial charge in [0.2, 0.25) is 0 Å². The van der Waals surface area contributed by atoms with Gasteiger partial charge in [0.25, 0.3) is 11.8 Å². The fraction of sp³-hybridized carbons (Fsp3) is 0.120. The summed E-state index contributed by atoms with van der Waals surface area (Å²) >= 11 is 0. The molecule has 0 aromatic heterocycles. The molecule has 0 unspecified atom stereocenters. The summed E-state index contributed by atoms with van der Waals surface area (Å²) in [6, 6.07) is 20.5. The zero-order chi connectivity index (χ0) is 23.6. The van der Waals surface area contributed by atoms with Gasteiger partial charge in [-0.25, -0.2) is 10.2 Å². The molecule has 2 amide bonds. The first-order valence-electron chi connectivity index (χ1n) is 10.1. The SMILES string of the molecule is COc1cc(/C=N\NC(=O)CNC(=O)c2ccc(C)cc2)ccc1OC(=O)c1ccccc1. The average Bonchev–Trinajstić information content (AvgIpc) is 2.84. The third kappa shape index (κ3) is 6.76. The highest BCUT2D eigenvalue weighted by Gasteiger charge is 2.12. The fourth-order valence-corrected chi connectivity index (χ4v) is 2.77. The lowest BCUT2D eigenvalue weighted by atomic mass is 10.1. The molecule has 0 aliphatic rings. The molecule has 3 aromatic carbocycles. The second kappa shape index (κ2) is 11.2. The Labute approximate surface area is 191 Å². The molecule has 0 fully saturated rings. The predicted molar refractivity (Wildman–Crippen MR) is 124 cm³/mol. The summed E-state index contributed by atoms with van der Waals surface area (Å²) in [5, 5.41) is 6.41. The van der Waals surface area contributed by atoms with E-state index in [1.807, 2.05) is 25.1 Å². The van der Waals surface area contributed by atoms with Crippen LogP contribution in [0.15, 0.2) is 77.9 Å². The Morgan fingerprint density at radius 2 is 1.64 bits per heavy atom. The highest BCUT2D eigenvalue weighted by atomic mass is 16.6. The molecular formula is C25H23N3O5. The lowest BCUT2D eigenvalue weighted by Crippen LogP contribution is -2.34. The van der Waals surface area contributed by atoms with Crippen molar-refractivity contribution >= 4 is 24.0 Å². The van der Waals surface area contributed by atoms with Crippen molar-refractivity contribution < 1.29 is 23.9 Å². The van der Waals surface area contributed by atoms with Gasteiger partial charge in [-0.05, 0) is 55.0 Å². The van der Waals surface area contributed by atoms with Gasteiger partial charge in [0.05, 0.1) is 25.4 Å². The molecule has 0 radical (unpaired) electrons. The van der Waals surface area contributed by atoms with Crippen molar-refractivity contribution in [2.75, 3.05) is 13.7 Å². The summed E-state index contributed by atoms with van der Waals surface area (Å²) in [5.74, 6) is -0.742. The minimum atomic E-state index is -0.504. The van der Waals surface area contributed by atoms with Gasteiger partial charge in [0.15, 0.2) is 11.5 Å². The topological polar surface area (TPSA) is 106 Å². The van der Waals surface area contributed by atoms with Crippen molar-refractivity contribution in [3.05, 3.63) is 95.1 Å². The van der Waals surface area contributed by atoms with Gasteiger partial charge in [-0.15, -0.1) is 0 Å². The number of rotatable bonds is 8. The molecule has 0 bridgehead atoms. The van der Waals surface area contributed by atoms with Gasteiger partial charge in [-0.1, -0.05) is 35.9 Å². The van der Waals surface area contributed by atoms with E-state index in [0.717, 1.165) is 5.56 Å². The first kappa shape index (κ1) is 23.2. The van der Waals surface area contributed by atoms with E-state index in [1.54, 1.807) is 54.6 Å². The number of aryl methyl sites for hydroxylation is 1. The number of carbonyl (C=O) groups is 3. The van der Waals surface area contributed by atoms with Crippen LogP contribution in [0.3, 0.4) is 0 Å². The largest absolute Gasteiger partial charge is 0.493 e. The Morgan fingerprint density at radius 1 is 0.909 bits per heavy atom. The van der Waals surface area contributed by atoms with Crippen LogP contribution in [-0.2, 0) is 4.79 Å². The van der Waals surface area contributed by atoms with E-state index in [0.29, 0.717) is 22.4 Å². The van der Waals surface area contributed by atoms with Crippen molar-refractivity contribution in [3.8, 4) is 11.5 Å². The summed E-state index contributed by atoms with van der Waals surface area (Å²) in [5.41, 5.74) is 4.88. The Balaban J connectivity index is 1.53. The smallest absolute Gasteiger partial charge is 0.343 e. The highest BCUT2D eigenvalue weighted by molar-refractivity contribution is 5.96. The van der Waals surface area contributed by atoms with E-state index < -0.39 is 11.9 Å². The van der Waals surface area contributed by atoms with Gasteiger partial charge in [-0.3, -0.25) is 9.59 Å². The monoisotopic (exact) mass is 445 g/mol. The van der Waals surface area contributed by atoms with Crippen molar-refractivity contribution in [3.63, 3.8) is 0 Å². The van der Waals surface area contributed by atoms with Crippen LogP contribution in [0.5, 0.6) is 11.5 Å². The van der Waals surface area contributed by atoms with E-state index in [4.69, 9.17) is 9.47 Å². The molecule has 3 rings (SSSR count). The van der Waals surface area contributed by atoms with E-state index in [1.165, 1.54) is 13.3 Å².